The van der Waals surface area contributed by atoms with Crippen LogP contribution < -0.4 is 0 Å². The Morgan fingerprint density at radius 1 is 1.24 bits per heavy atom. The van der Waals surface area contributed by atoms with E-state index in [2.05, 4.69) is 12.1 Å². The number of hydrogen-bond donors (Lipinski definition) is 0. The van der Waals surface area contributed by atoms with Gasteiger partial charge in [-0.05, 0) is 24.8 Å². The van der Waals surface area contributed by atoms with E-state index in [-0.39, 0.29) is 5.92 Å². The van der Waals surface area contributed by atoms with Crippen molar-refractivity contribution in [3.8, 4) is 0 Å². The van der Waals surface area contributed by atoms with Gasteiger partial charge < -0.3 is 4.90 Å². The van der Waals surface area contributed by atoms with Crippen LogP contribution in [0, 0.1) is 0 Å². The van der Waals surface area contributed by atoms with Gasteiger partial charge in [0.2, 0.25) is 0 Å². The van der Waals surface area contributed by atoms with Crippen LogP contribution in [0.25, 0.3) is 0 Å². The number of allylic oxidation sites excluding steroid dienone is 1. The van der Waals surface area contributed by atoms with Gasteiger partial charge in [0.25, 0.3) is 0 Å². The number of benzene rings is 1. The summed E-state index contributed by atoms with van der Waals surface area (Å²) in [6, 6.07) is 10.1. The Hall–Kier alpha value is -1.57. The summed E-state index contributed by atoms with van der Waals surface area (Å²) in [6.07, 6.45) is 4.97. The fraction of sp³-hybridized carbons (Fsp3) is 0.400. The predicted octanol–water partition coefficient (Wildman–Crippen LogP) is 2.97. The van der Waals surface area contributed by atoms with Gasteiger partial charge in [-0.15, -0.1) is 0 Å². The lowest BCUT2D eigenvalue weighted by atomic mass is 9.80. The summed E-state index contributed by atoms with van der Waals surface area (Å²) in [5.74, 6) is 0.368. The molecule has 0 aromatic heterocycles. The van der Waals surface area contributed by atoms with Crippen LogP contribution in [0.5, 0.6) is 0 Å². The van der Waals surface area contributed by atoms with Crippen LogP contribution in [0.1, 0.15) is 30.7 Å². The minimum atomic E-state index is 0.0659. The highest BCUT2D eigenvalue weighted by atomic mass is 16.1. The Balaban J connectivity index is 2.23. The number of rotatable bonds is 2. The number of carbonyl (C=O) groups is 1. The average molecular weight is 229 g/mol. The van der Waals surface area contributed by atoms with Crippen molar-refractivity contribution in [1.29, 1.82) is 0 Å². The van der Waals surface area contributed by atoms with E-state index in [0.29, 0.717) is 5.78 Å². The molecule has 2 nitrogen and oxygen atoms in total. The number of Topliss-reactive ketones (excluding diaryl/α,β-unsaturated/α-hetero) is 1. The number of carbonyl (C=O) groups excluding carboxylic acids is 1. The van der Waals surface area contributed by atoms with Crippen molar-refractivity contribution < 1.29 is 4.79 Å². The molecule has 2 heteroatoms. The molecule has 1 aliphatic rings. The molecule has 1 aliphatic carbocycles. The largest absolute Gasteiger partial charge is 0.383 e. The fourth-order valence-corrected chi connectivity index (χ4v) is 2.42. The predicted molar refractivity (Wildman–Crippen MR) is 69.8 cm³/mol. The van der Waals surface area contributed by atoms with Gasteiger partial charge in [-0.25, -0.2) is 0 Å². The molecule has 0 spiro atoms. The molecule has 1 unspecified atom stereocenters. The summed E-state index contributed by atoms with van der Waals surface area (Å²) in [5, 5.41) is 0. The van der Waals surface area contributed by atoms with Crippen LogP contribution in [0.15, 0.2) is 42.1 Å². The number of ketones is 1. The normalized spacial score (nSPS) is 22.8. The monoisotopic (exact) mass is 229 g/mol. The summed E-state index contributed by atoms with van der Waals surface area (Å²) < 4.78 is 0. The van der Waals surface area contributed by atoms with Gasteiger partial charge in [0.15, 0.2) is 5.78 Å². The molecule has 1 saturated carbocycles. The van der Waals surface area contributed by atoms with Crippen molar-refractivity contribution in [2.45, 2.75) is 25.2 Å². The molecule has 90 valence electrons. The summed E-state index contributed by atoms with van der Waals surface area (Å²) in [6.45, 7) is 0. The number of nitrogens with zero attached hydrogens (tertiary/aromatic N) is 1. The first-order valence-corrected chi connectivity index (χ1v) is 6.15. The maximum absolute atomic E-state index is 12.4. The van der Waals surface area contributed by atoms with Crippen LogP contribution >= 0.6 is 0 Å². The smallest absolute Gasteiger partial charge is 0.167 e. The summed E-state index contributed by atoms with van der Waals surface area (Å²) >= 11 is 0. The van der Waals surface area contributed by atoms with Crippen LogP contribution in [0.3, 0.4) is 0 Å². The second-order valence-corrected chi connectivity index (χ2v) is 4.84. The molecule has 0 radical (unpaired) electrons. The lowest BCUT2D eigenvalue weighted by Crippen LogP contribution is -2.21. The van der Waals surface area contributed by atoms with Crippen LogP contribution in [0.4, 0.5) is 0 Å². The molecule has 2 rings (SSSR count). The molecule has 0 amide bonds. The number of hydrogen-bond acceptors (Lipinski definition) is 2. The van der Waals surface area contributed by atoms with Gasteiger partial charge >= 0.3 is 0 Å². The Morgan fingerprint density at radius 3 is 2.59 bits per heavy atom. The third-order valence-corrected chi connectivity index (χ3v) is 3.19. The molecule has 17 heavy (non-hydrogen) atoms. The Bertz CT molecular complexity index is 420. The highest BCUT2D eigenvalue weighted by Crippen LogP contribution is 2.32. The zero-order chi connectivity index (χ0) is 12.3. The Morgan fingerprint density at radius 2 is 1.94 bits per heavy atom. The maximum Gasteiger partial charge on any atom is 0.167 e. The molecule has 1 aromatic rings. The van der Waals surface area contributed by atoms with Crippen molar-refractivity contribution in [2.75, 3.05) is 14.1 Å². The summed E-state index contributed by atoms with van der Waals surface area (Å²) in [7, 11) is 3.93. The van der Waals surface area contributed by atoms with Crippen molar-refractivity contribution in [2.24, 2.45) is 0 Å². The maximum atomic E-state index is 12.4. The van der Waals surface area contributed by atoms with E-state index in [1.54, 1.807) is 0 Å². The van der Waals surface area contributed by atoms with Crippen molar-refractivity contribution in [3.05, 3.63) is 47.7 Å². The lowest BCUT2D eigenvalue weighted by molar-refractivity contribution is -0.118. The minimum absolute atomic E-state index is 0.0659. The van der Waals surface area contributed by atoms with E-state index in [0.717, 1.165) is 30.4 Å². The lowest BCUT2D eigenvalue weighted by Gasteiger charge is -2.24. The van der Waals surface area contributed by atoms with Gasteiger partial charge in [0.05, 0.1) is 0 Å². The zero-order valence-corrected chi connectivity index (χ0v) is 10.5. The topological polar surface area (TPSA) is 20.3 Å². The quantitative estimate of drug-likeness (QED) is 0.727. The van der Waals surface area contributed by atoms with Gasteiger partial charge in [-0.1, -0.05) is 30.3 Å². The van der Waals surface area contributed by atoms with Crippen LogP contribution in [-0.4, -0.2) is 24.8 Å². The van der Waals surface area contributed by atoms with Crippen molar-refractivity contribution in [3.63, 3.8) is 0 Å². The zero-order valence-electron chi connectivity index (χ0n) is 10.5. The first-order valence-electron chi connectivity index (χ1n) is 6.15. The minimum Gasteiger partial charge on any atom is -0.383 e. The van der Waals surface area contributed by atoms with Crippen molar-refractivity contribution in [1.82, 2.24) is 4.90 Å². The van der Waals surface area contributed by atoms with Gasteiger partial charge in [0.1, 0.15) is 0 Å². The molecular weight excluding hydrogens is 210 g/mol. The molecule has 1 aromatic carbocycles. The Labute approximate surface area is 103 Å². The third kappa shape index (κ3) is 2.76. The summed E-state index contributed by atoms with van der Waals surface area (Å²) in [5.41, 5.74) is 2.12. The SMILES string of the molecule is CN(C)C=C1CCCC(c2ccccc2)C1=O. The van der Waals surface area contributed by atoms with Gasteiger partial charge in [0, 0.05) is 31.8 Å². The molecule has 1 fully saturated rings. The highest BCUT2D eigenvalue weighted by molar-refractivity contribution is 6.00. The molecule has 1 atom stereocenters. The van der Waals surface area contributed by atoms with E-state index >= 15 is 0 Å². The van der Waals surface area contributed by atoms with Crippen LogP contribution in [-0.2, 0) is 4.79 Å². The van der Waals surface area contributed by atoms with E-state index < -0.39 is 0 Å². The molecule has 0 saturated heterocycles. The Kier molecular flexibility index (Phi) is 3.62. The van der Waals surface area contributed by atoms with Crippen molar-refractivity contribution >= 4 is 5.78 Å². The fourth-order valence-electron chi connectivity index (χ4n) is 2.42. The van der Waals surface area contributed by atoms with E-state index in [1.807, 2.05) is 43.4 Å². The first-order chi connectivity index (χ1) is 8.18. The van der Waals surface area contributed by atoms with E-state index in [4.69, 9.17) is 0 Å². The third-order valence-electron chi connectivity index (χ3n) is 3.19. The van der Waals surface area contributed by atoms with Crippen LogP contribution in [0.2, 0.25) is 0 Å². The second kappa shape index (κ2) is 5.17. The van der Waals surface area contributed by atoms with E-state index in [9.17, 15) is 4.79 Å². The molecule has 0 aliphatic heterocycles. The molecule has 0 heterocycles. The standard InChI is InChI=1S/C15H19NO/c1-16(2)11-13-9-6-10-14(15(13)17)12-7-4-3-5-8-12/h3-5,7-8,11,14H,6,9-10H2,1-2H3. The van der Waals surface area contributed by atoms with Gasteiger partial charge in [-0.2, -0.15) is 0 Å². The van der Waals surface area contributed by atoms with Gasteiger partial charge in [-0.3, -0.25) is 4.79 Å². The molecule has 0 bridgehead atoms. The average Bonchev–Trinajstić information content (AvgIpc) is 2.32. The second-order valence-electron chi connectivity index (χ2n) is 4.84. The molecular formula is C15H19NO. The van der Waals surface area contributed by atoms with E-state index in [1.165, 1.54) is 0 Å². The first kappa shape index (κ1) is 11.9. The molecule has 0 N–H and O–H groups in total. The summed E-state index contributed by atoms with van der Waals surface area (Å²) in [4.78, 5) is 14.3. The highest BCUT2D eigenvalue weighted by Gasteiger charge is 2.27.